The van der Waals surface area contributed by atoms with Gasteiger partial charge < -0.3 is 5.84 Å². The van der Waals surface area contributed by atoms with Gasteiger partial charge >= 0.3 is 0 Å². The molecule has 0 radical (unpaired) electrons. The number of nitrogens with two attached hydrogens (primary N) is 1. The maximum absolute atomic E-state index is 5.80. The van der Waals surface area contributed by atoms with E-state index in [0.717, 1.165) is 0 Å². The first-order valence-corrected chi connectivity index (χ1v) is 4.75. The Balaban J connectivity index is 2.96. The summed E-state index contributed by atoms with van der Waals surface area (Å²) in [5.74, 6) is 5.09. The van der Waals surface area contributed by atoms with Crippen LogP contribution in [0.1, 0.15) is 6.92 Å². The first-order valence-electron chi connectivity index (χ1n) is 3.62. The van der Waals surface area contributed by atoms with Crippen molar-refractivity contribution < 1.29 is 0 Å². The van der Waals surface area contributed by atoms with E-state index in [4.69, 9.17) is 40.6 Å². The fraction of sp³-hybridized carbons (Fsp3) is 0.375. The molecular formula is C8H9Cl3N2. The van der Waals surface area contributed by atoms with E-state index in [1.807, 2.05) is 6.92 Å². The molecule has 13 heavy (non-hydrogen) atoms. The maximum atomic E-state index is 5.80. The number of nitrogens with zero attached hydrogens (tertiary/aromatic N) is 1. The van der Waals surface area contributed by atoms with Gasteiger partial charge in [-0.05, 0) is 19.1 Å². The van der Waals surface area contributed by atoms with Crippen LogP contribution in [0.4, 0.5) is 0 Å². The van der Waals surface area contributed by atoms with E-state index in [9.17, 15) is 0 Å². The van der Waals surface area contributed by atoms with E-state index < -0.39 is 9.21 Å². The van der Waals surface area contributed by atoms with Crippen LogP contribution >= 0.6 is 34.8 Å². The molecule has 5 heteroatoms. The van der Waals surface area contributed by atoms with Gasteiger partial charge in [-0.25, -0.2) is 0 Å². The zero-order chi connectivity index (χ0) is 10.1. The molecule has 0 bridgehead atoms. The molecule has 0 unspecified atom stereocenters. The number of rotatable bonds is 0. The van der Waals surface area contributed by atoms with Gasteiger partial charge in [0.25, 0.3) is 0 Å². The first-order chi connectivity index (χ1) is 5.89. The van der Waals surface area contributed by atoms with E-state index in [1.54, 1.807) is 24.3 Å². The van der Waals surface area contributed by atoms with Crippen molar-refractivity contribution in [1.29, 1.82) is 0 Å². The molecule has 1 aliphatic rings. The Morgan fingerprint density at radius 1 is 1.31 bits per heavy atom. The Kier molecular flexibility index (Phi) is 2.95. The minimum atomic E-state index is -1.36. The van der Waals surface area contributed by atoms with Gasteiger partial charge in [0, 0.05) is 0 Å². The van der Waals surface area contributed by atoms with Crippen molar-refractivity contribution in [3.63, 3.8) is 0 Å². The topological polar surface area (TPSA) is 38.4 Å². The summed E-state index contributed by atoms with van der Waals surface area (Å²) in [5, 5.41) is 3.51. The van der Waals surface area contributed by atoms with E-state index >= 15 is 0 Å². The van der Waals surface area contributed by atoms with Crippen molar-refractivity contribution in [1.82, 2.24) is 0 Å². The van der Waals surface area contributed by atoms with Gasteiger partial charge in [0.1, 0.15) is 0 Å². The highest BCUT2D eigenvalue weighted by molar-refractivity contribution is 6.68. The zero-order valence-corrected chi connectivity index (χ0v) is 9.24. The Labute approximate surface area is 92.0 Å². The SMILES string of the molecule is CC1(C(Cl)(Cl)Cl)C=CC(=NN)C=C1. The Hall–Kier alpha value is -0.180. The van der Waals surface area contributed by atoms with Crippen LogP contribution in [-0.4, -0.2) is 9.50 Å². The van der Waals surface area contributed by atoms with E-state index in [-0.39, 0.29) is 0 Å². The molecule has 0 amide bonds. The third-order valence-corrected chi connectivity index (χ3v) is 3.18. The fourth-order valence-corrected chi connectivity index (χ4v) is 1.28. The molecular weight excluding hydrogens is 230 g/mol. The Morgan fingerprint density at radius 2 is 1.77 bits per heavy atom. The molecule has 0 atom stereocenters. The highest BCUT2D eigenvalue weighted by Crippen LogP contribution is 2.47. The van der Waals surface area contributed by atoms with Gasteiger partial charge in [-0.15, -0.1) is 0 Å². The van der Waals surface area contributed by atoms with Crippen LogP contribution in [0.3, 0.4) is 0 Å². The smallest absolute Gasteiger partial charge is 0.202 e. The predicted molar refractivity (Wildman–Crippen MR) is 58.3 cm³/mol. The summed E-state index contributed by atoms with van der Waals surface area (Å²) in [6.07, 6.45) is 6.99. The van der Waals surface area contributed by atoms with Gasteiger partial charge in [0.15, 0.2) is 0 Å². The quantitative estimate of drug-likeness (QED) is 0.394. The summed E-state index contributed by atoms with van der Waals surface area (Å²) < 4.78 is -1.36. The van der Waals surface area contributed by atoms with Gasteiger partial charge in [0.05, 0.1) is 11.1 Å². The number of hydrogen-bond acceptors (Lipinski definition) is 2. The molecule has 0 saturated carbocycles. The zero-order valence-electron chi connectivity index (χ0n) is 6.97. The maximum Gasteiger partial charge on any atom is 0.202 e. The minimum absolute atomic E-state index is 0.605. The number of alkyl halides is 3. The second-order valence-electron chi connectivity index (χ2n) is 3.00. The summed E-state index contributed by atoms with van der Waals surface area (Å²) >= 11 is 17.4. The lowest BCUT2D eigenvalue weighted by atomic mass is 9.87. The summed E-state index contributed by atoms with van der Waals surface area (Å²) in [6, 6.07) is 0. The first kappa shape index (κ1) is 10.9. The number of hydrazone groups is 1. The second kappa shape index (κ2) is 3.52. The normalized spacial score (nSPS) is 27.8. The van der Waals surface area contributed by atoms with Crippen LogP contribution in [0, 0.1) is 5.41 Å². The van der Waals surface area contributed by atoms with Gasteiger partial charge in [0.2, 0.25) is 3.79 Å². The summed E-state index contributed by atoms with van der Waals surface area (Å²) in [4.78, 5) is 0. The third-order valence-electron chi connectivity index (χ3n) is 1.96. The van der Waals surface area contributed by atoms with Crippen molar-refractivity contribution >= 4 is 40.5 Å². The monoisotopic (exact) mass is 238 g/mol. The number of hydrogen-bond donors (Lipinski definition) is 1. The average molecular weight is 240 g/mol. The molecule has 0 aromatic carbocycles. The molecule has 1 aliphatic carbocycles. The molecule has 0 heterocycles. The van der Waals surface area contributed by atoms with Crippen molar-refractivity contribution in [2.24, 2.45) is 16.4 Å². The van der Waals surface area contributed by atoms with Crippen LogP contribution in [-0.2, 0) is 0 Å². The molecule has 2 N–H and O–H groups in total. The fourth-order valence-electron chi connectivity index (χ4n) is 0.903. The van der Waals surface area contributed by atoms with E-state index in [0.29, 0.717) is 5.71 Å². The molecule has 0 spiro atoms. The van der Waals surface area contributed by atoms with Crippen LogP contribution in [0.5, 0.6) is 0 Å². The molecule has 2 nitrogen and oxygen atoms in total. The summed E-state index contributed by atoms with van der Waals surface area (Å²) in [5.41, 5.74) is 0.0537. The van der Waals surface area contributed by atoms with E-state index in [1.165, 1.54) is 0 Å². The molecule has 0 saturated heterocycles. The summed E-state index contributed by atoms with van der Waals surface area (Å²) in [6.45, 7) is 1.82. The molecule has 0 fully saturated rings. The Morgan fingerprint density at radius 3 is 2.08 bits per heavy atom. The summed E-state index contributed by atoms with van der Waals surface area (Å²) in [7, 11) is 0. The molecule has 0 aromatic rings. The molecule has 0 aliphatic heterocycles. The van der Waals surface area contributed by atoms with Gasteiger partial charge in [-0.3, -0.25) is 0 Å². The highest BCUT2D eigenvalue weighted by atomic mass is 35.6. The van der Waals surface area contributed by atoms with Gasteiger partial charge in [-0.2, -0.15) is 5.10 Å². The molecule has 1 rings (SSSR count). The number of allylic oxidation sites excluding steroid dienone is 4. The van der Waals surface area contributed by atoms with Crippen LogP contribution < -0.4 is 5.84 Å². The van der Waals surface area contributed by atoms with Crippen molar-refractivity contribution in [2.75, 3.05) is 0 Å². The lowest BCUT2D eigenvalue weighted by molar-refractivity contribution is 0.565. The second-order valence-corrected chi connectivity index (χ2v) is 5.28. The lowest BCUT2D eigenvalue weighted by Gasteiger charge is -2.31. The standard InChI is InChI=1S/C8H9Cl3N2/c1-7(8(9,10)11)4-2-6(13-12)3-5-7/h2-5H,12H2,1H3. The average Bonchev–Trinajstić information content (AvgIpc) is 2.04. The lowest BCUT2D eigenvalue weighted by Crippen LogP contribution is -2.30. The van der Waals surface area contributed by atoms with Crippen molar-refractivity contribution in [3.8, 4) is 0 Å². The van der Waals surface area contributed by atoms with Crippen molar-refractivity contribution in [3.05, 3.63) is 24.3 Å². The Bertz CT molecular complexity index is 270. The van der Waals surface area contributed by atoms with Crippen LogP contribution in [0.2, 0.25) is 0 Å². The predicted octanol–water partition coefficient (Wildman–Crippen LogP) is 2.80. The largest absolute Gasteiger partial charge is 0.323 e. The third kappa shape index (κ3) is 2.19. The molecule has 0 aromatic heterocycles. The molecule has 72 valence electrons. The van der Waals surface area contributed by atoms with Gasteiger partial charge in [-0.1, -0.05) is 47.0 Å². The van der Waals surface area contributed by atoms with Crippen LogP contribution in [0.25, 0.3) is 0 Å². The minimum Gasteiger partial charge on any atom is -0.323 e. The highest BCUT2D eigenvalue weighted by Gasteiger charge is 2.41. The van der Waals surface area contributed by atoms with Crippen molar-refractivity contribution in [2.45, 2.75) is 10.7 Å². The number of halogens is 3. The van der Waals surface area contributed by atoms with E-state index in [2.05, 4.69) is 5.10 Å². The van der Waals surface area contributed by atoms with Crippen LogP contribution in [0.15, 0.2) is 29.4 Å².